The Kier molecular flexibility index (Phi) is 7.18. The first-order valence-corrected chi connectivity index (χ1v) is 13.0. The van der Waals surface area contributed by atoms with Crippen LogP contribution >= 0.6 is 0 Å². The Morgan fingerprint density at radius 2 is 1.56 bits per heavy atom. The lowest BCUT2D eigenvalue weighted by molar-refractivity contribution is 0.00578. The number of alkyl carbamates (subject to hydrolysis) is 1. The van der Waals surface area contributed by atoms with E-state index in [1.807, 2.05) is 52.0 Å². The van der Waals surface area contributed by atoms with Crippen molar-refractivity contribution in [3.63, 3.8) is 0 Å². The molecular weight excluding hydrogens is 496 g/mol. The minimum absolute atomic E-state index is 0.0535. The van der Waals surface area contributed by atoms with E-state index in [9.17, 15) is 14.0 Å². The number of hydrogen-bond acceptors (Lipinski definition) is 5. The highest BCUT2D eigenvalue weighted by molar-refractivity contribution is 6.56. The van der Waals surface area contributed by atoms with Crippen LogP contribution in [-0.4, -0.2) is 43.9 Å². The molecule has 5 rings (SSSR count). The van der Waals surface area contributed by atoms with Crippen molar-refractivity contribution in [2.75, 3.05) is 13.2 Å². The van der Waals surface area contributed by atoms with Crippen LogP contribution in [0.15, 0.2) is 72.2 Å². The van der Waals surface area contributed by atoms with Gasteiger partial charge < -0.3 is 19.4 Å². The molecule has 1 N–H and O–H groups in total. The molecule has 200 valence electrons. The van der Waals surface area contributed by atoms with Crippen LogP contribution < -0.4 is 5.32 Å². The topological polar surface area (TPSA) is 73.9 Å². The molecule has 1 heterocycles. The van der Waals surface area contributed by atoms with E-state index in [0.717, 1.165) is 22.3 Å². The number of fused-ring (bicyclic) bond motifs is 3. The fourth-order valence-corrected chi connectivity index (χ4v) is 4.98. The van der Waals surface area contributed by atoms with Crippen molar-refractivity contribution in [2.24, 2.45) is 0 Å². The molecule has 0 spiro atoms. The number of carbonyl (C=O) groups excluding carboxylic acids is 2. The van der Waals surface area contributed by atoms with Crippen LogP contribution in [0.4, 0.5) is 9.18 Å². The molecule has 0 aromatic heterocycles. The fourth-order valence-electron chi connectivity index (χ4n) is 4.98. The zero-order chi connectivity index (χ0) is 27.8. The van der Waals surface area contributed by atoms with E-state index in [0.29, 0.717) is 17.3 Å². The maximum absolute atomic E-state index is 13.9. The van der Waals surface area contributed by atoms with Crippen LogP contribution in [-0.2, 0) is 14.0 Å². The molecule has 3 aromatic rings. The van der Waals surface area contributed by atoms with Crippen LogP contribution in [0, 0.1) is 5.82 Å². The monoisotopic (exact) mass is 527 g/mol. The maximum Gasteiger partial charge on any atom is 0.492 e. The lowest BCUT2D eigenvalue weighted by atomic mass is 9.77. The van der Waals surface area contributed by atoms with Gasteiger partial charge >= 0.3 is 13.2 Å². The molecule has 0 radical (unpaired) electrons. The van der Waals surface area contributed by atoms with Gasteiger partial charge in [0, 0.05) is 12.5 Å². The average molecular weight is 527 g/mol. The standard InChI is InChI=1S/C31H31BFNO5/c1-30(2)31(3,4)39-32(38-30)22(16-20-13-14-28(33)21(15-20)18-35)17-34-29(36)37-19-27-25-11-7-5-9-23(25)24-10-6-8-12-26(24)27/h5-16,18,27H,17,19H2,1-4H3,(H,34,36). The van der Waals surface area contributed by atoms with Gasteiger partial charge in [-0.1, -0.05) is 60.7 Å². The molecule has 3 aromatic carbocycles. The lowest BCUT2D eigenvalue weighted by Crippen LogP contribution is -2.41. The van der Waals surface area contributed by atoms with E-state index >= 15 is 0 Å². The second-order valence-corrected chi connectivity index (χ2v) is 10.9. The third kappa shape index (κ3) is 5.27. The summed E-state index contributed by atoms with van der Waals surface area (Å²) < 4.78 is 32.0. The summed E-state index contributed by atoms with van der Waals surface area (Å²) in [6.45, 7) is 8.01. The van der Waals surface area contributed by atoms with Gasteiger partial charge in [-0.3, -0.25) is 4.79 Å². The first kappa shape index (κ1) is 26.8. The third-order valence-electron chi connectivity index (χ3n) is 7.84. The van der Waals surface area contributed by atoms with Crippen LogP contribution in [0.1, 0.15) is 60.7 Å². The van der Waals surface area contributed by atoms with Gasteiger partial charge in [-0.15, -0.1) is 0 Å². The maximum atomic E-state index is 13.9. The van der Waals surface area contributed by atoms with Crippen LogP contribution in [0.2, 0.25) is 0 Å². The van der Waals surface area contributed by atoms with E-state index in [1.165, 1.54) is 12.1 Å². The van der Waals surface area contributed by atoms with E-state index in [1.54, 1.807) is 12.1 Å². The summed E-state index contributed by atoms with van der Waals surface area (Å²) in [5.41, 5.74) is 4.50. The molecule has 6 nitrogen and oxygen atoms in total. The van der Waals surface area contributed by atoms with Crippen molar-refractivity contribution in [3.05, 3.63) is 100 Å². The Balaban J connectivity index is 1.32. The van der Waals surface area contributed by atoms with Gasteiger partial charge in [0.25, 0.3) is 0 Å². The smallest absolute Gasteiger partial charge is 0.449 e. The highest BCUT2D eigenvalue weighted by Gasteiger charge is 2.52. The molecule has 8 heteroatoms. The number of amides is 1. The summed E-state index contributed by atoms with van der Waals surface area (Å²) >= 11 is 0. The Labute approximate surface area is 228 Å². The molecule has 1 aliphatic heterocycles. The van der Waals surface area contributed by atoms with Crippen molar-refractivity contribution in [1.29, 1.82) is 0 Å². The second kappa shape index (κ2) is 10.4. The molecule has 1 saturated heterocycles. The van der Waals surface area contributed by atoms with Gasteiger partial charge in [0.2, 0.25) is 0 Å². The van der Waals surface area contributed by atoms with Crippen LogP contribution in [0.5, 0.6) is 0 Å². The zero-order valence-corrected chi connectivity index (χ0v) is 22.5. The van der Waals surface area contributed by atoms with Crippen LogP contribution in [0.3, 0.4) is 0 Å². The molecule has 0 saturated carbocycles. The van der Waals surface area contributed by atoms with E-state index in [4.69, 9.17) is 14.0 Å². The van der Waals surface area contributed by atoms with Gasteiger partial charge in [0.1, 0.15) is 12.4 Å². The normalized spacial score (nSPS) is 17.5. The second-order valence-electron chi connectivity index (χ2n) is 10.9. The molecule has 39 heavy (non-hydrogen) atoms. The lowest BCUT2D eigenvalue weighted by Gasteiger charge is -2.32. The number of rotatable bonds is 7. The summed E-state index contributed by atoms with van der Waals surface area (Å²) in [5, 5.41) is 2.81. The third-order valence-corrected chi connectivity index (χ3v) is 7.84. The molecule has 0 atom stereocenters. The van der Waals surface area contributed by atoms with E-state index < -0.39 is 30.2 Å². The van der Waals surface area contributed by atoms with Crippen molar-refractivity contribution in [1.82, 2.24) is 5.32 Å². The summed E-state index contributed by atoms with van der Waals surface area (Å²) in [6, 6.07) is 20.5. The number of nitrogens with one attached hydrogen (secondary N) is 1. The van der Waals surface area contributed by atoms with Crippen molar-refractivity contribution >= 4 is 25.6 Å². The summed E-state index contributed by atoms with van der Waals surface area (Å²) in [7, 11) is -0.756. The number of carbonyl (C=O) groups is 2. The number of aldehydes is 1. The van der Waals surface area contributed by atoms with Crippen molar-refractivity contribution < 1.29 is 28.0 Å². The minimum Gasteiger partial charge on any atom is -0.449 e. The van der Waals surface area contributed by atoms with Crippen LogP contribution in [0.25, 0.3) is 17.2 Å². The van der Waals surface area contributed by atoms with Crippen molar-refractivity contribution in [2.45, 2.75) is 44.8 Å². The van der Waals surface area contributed by atoms with Gasteiger partial charge in [-0.2, -0.15) is 0 Å². The number of hydrogen-bond donors (Lipinski definition) is 1. The average Bonchev–Trinajstić information content (AvgIpc) is 3.35. The highest BCUT2D eigenvalue weighted by Crippen LogP contribution is 2.44. The molecule has 1 amide bonds. The summed E-state index contributed by atoms with van der Waals surface area (Å²) in [5.74, 6) is -0.654. The number of benzene rings is 3. The Hall–Kier alpha value is -3.75. The highest BCUT2D eigenvalue weighted by atomic mass is 19.1. The minimum atomic E-state index is -0.756. The van der Waals surface area contributed by atoms with Gasteiger partial charge in [0.05, 0.1) is 16.8 Å². The largest absolute Gasteiger partial charge is 0.492 e. The Morgan fingerprint density at radius 3 is 2.15 bits per heavy atom. The molecule has 1 aliphatic carbocycles. The summed E-state index contributed by atoms with van der Waals surface area (Å²) in [6.07, 6.45) is 1.63. The molecular formula is C31H31BFNO5. The molecule has 0 unspecified atom stereocenters. The molecule has 1 fully saturated rings. The SMILES string of the molecule is CC1(C)OB(C(=Cc2ccc(F)c(C=O)c2)CNC(=O)OCC2c3ccccc3-c3ccccc32)OC1(C)C. The molecule has 0 bridgehead atoms. The Morgan fingerprint density at radius 1 is 0.974 bits per heavy atom. The first-order valence-electron chi connectivity index (χ1n) is 13.0. The quantitative estimate of drug-likeness (QED) is 0.293. The first-order chi connectivity index (χ1) is 18.6. The number of ether oxygens (including phenoxy) is 1. The van der Waals surface area contributed by atoms with Crippen molar-refractivity contribution in [3.8, 4) is 11.1 Å². The fraction of sp³-hybridized carbons (Fsp3) is 0.290. The van der Waals surface area contributed by atoms with Gasteiger partial charge in [-0.25, -0.2) is 9.18 Å². The van der Waals surface area contributed by atoms with Gasteiger partial charge in [-0.05, 0) is 73.1 Å². The zero-order valence-electron chi connectivity index (χ0n) is 22.5. The summed E-state index contributed by atoms with van der Waals surface area (Å²) in [4.78, 5) is 24.1. The van der Waals surface area contributed by atoms with E-state index in [2.05, 4.69) is 29.6 Å². The number of halogens is 1. The molecule has 2 aliphatic rings. The van der Waals surface area contributed by atoms with Gasteiger partial charge in [0.15, 0.2) is 6.29 Å². The predicted octanol–water partition coefficient (Wildman–Crippen LogP) is 6.19. The Bertz CT molecular complexity index is 1390. The predicted molar refractivity (Wildman–Crippen MR) is 149 cm³/mol. The van der Waals surface area contributed by atoms with E-state index in [-0.39, 0.29) is 24.6 Å².